The van der Waals surface area contributed by atoms with E-state index in [0.29, 0.717) is 0 Å². The van der Waals surface area contributed by atoms with Gasteiger partial charge in [0, 0.05) is 5.57 Å². The van der Waals surface area contributed by atoms with Crippen molar-refractivity contribution in [3.8, 4) is 0 Å². The van der Waals surface area contributed by atoms with Crippen LogP contribution in [0.25, 0.3) is 0 Å². The van der Waals surface area contributed by atoms with Crippen molar-refractivity contribution in [2.75, 3.05) is 0 Å². The predicted octanol–water partition coefficient (Wildman–Crippen LogP) is 2.19. The standard InChI is InChI=1S/C10H14O2/c1-3-8-7(2)9(11)12-10(8)5-4-6-10/h3-6H2,1-2H3. The fourth-order valence-corrected chi connectivity index (χ4v) is 2.27. The molecule has 0 aromatic carbocycles. The van der Waals surface area contributed by atoms with Crippen LogP contribution >= 0.6 is 0 Å². The molecule has 1 fully saturated rings. The Balaban J connectivity index is 2.36. The van der Waals surface area contributed by atoms with Crippen molar-refractivity contribution in [3.05, 3.63) is 11.1 Å². The molecule has 0 atom stereocenters. The van der Waals surface area contributed by atoms with Gasteiger partial charge < -0.3 is 4.74 Å². The van der Waals surface area contributed by atoms with Crippen LogP contribution in [0.4, 0.5) is 0 Å². The second-order valence-corrected chi connectivity index (χ2v) is 3.69. The van der Waals surface area contributed by atoms with E-state index in [-0.39, 0.29) is 11.6 Å². The van der Waals surface area contributed by atoms with Crippen molar-refractivity contribution < 1.29 is 9.53 Å². The van der Waals surface area contributed by atoms with Gasteiger partial charge in [-0.3, -0.25) is 0 Å². The number of hydrogen-bond donors (Lipinski definition) is 0. The maximum Gasteiger partial charge on any atom is 0.334 e. The molecule has 0 aromatic heterocycles. The SMILES string of the molecule is CCC1=C(C)C(=O)OC12CCC2. The molecule has 0 radical (unpaired) electrons. The number of carbonyl (C=O) groups excluding carboxylic acids is 1. The molecule has 0 N–H and O–H groups in total. The molecular formula is C10H14O2. The molecule has 12 heavy (non-hydrogen) atoms. The Morgan fingerprint density at radius 3 is 2.50 bits per heavy atom. The van der Waals surface area contributed by atoms with Crippen LogP contribution in [-0.2, 0) is 9.53 Å². The molecule has 2 rings (SSSR count). The first kappa shape index (κ1) is 7.84. The first-order valence-corrected chi connectivity index (χ1v) is 4.63. The van der Waals surface area contributed by atoms with Gasteiger partial charge >= 0.3 is 5.97 Å². The smallest absolute Gasteiger partial charge is 0.334 e. The van der Waals surface area contributed by atoms with Crippen molar-refractivity contribution >= 4 is 5.97 Å². The average Bonchev–Trinajstić information content (AvgIpc) is 2.24. The molecule has 2 nitrogen and oxygen atoms in total. The molecule has 0 bridgehead atoms. The van der Waals surface area contributed by atoms with E-state index in [1.807, 2.05) is 6.92 Å². The van der Waals surface area contributed by atoms with E-state index in [0.717, 1.165) is 24.8 Å². The van der Waals surface area contributed by atoms with Gasteiger partial charge in [0.05, 0.1) is 0 Å². The molecule has 2 heteroatoms. The van der Waals surface area contributed by atoms with Gasteiger partial charge in [0.25, 0.3) is 0 Å². The predicted molar refractivity (Wildman–Crippen MR) is 45.7 cm³/mol. The fraction of sp³-hybridized carbons (Fsp3) is 0.700. The van der Waals surface area contributed by atoms with Gasteiger partial charge in [0.1, 0.15) is 5.60 Å². The third-order valence-electron chi connectivity index (χ3n) is 3.11. The Bertz CT molecular complexity index is 259. The van der Waals surface area contributed by atoms with Crippen LogP contribution in [0.15, 0.2) is 11.1 Å². The summed E-state index contributed by atoms with van der Waals surface area (Å²) in [6.07, 6.45) is 4.24. The Kier molecular flexibility index (Phi) is 1.53. The highest BCUT2D eigenvalue weighted by molar-refractivity contribution is 5.92. The van der Waals surface area contributed by atoms with Crippen molar-refractivity contribution in [1.82, 2.24) is 0 Å². The van der Waals surface area contributed by atoms with E-state index in [1.165, 1.54) is 12.0 Å². The molecule has 1 aliphatic carbocycles. The highest BCUT2D eigenvalue weighted by Gasteiger charge is 2.49. The summed E-state index contributed by atoms with van der Waals surface area (Å²) in [5, 5.41) is 0. The van der Waals surface area contributed by atoms with Crippen molar-refractivity contribution in [2.24, 2.45) is 0 Å². The van der Waals surface area contributed by atoms with Crippen molar-refractivity contribution in [3.63, 3.8) is 0 Å². The second-order valence-electron chi connectivity index (χ2n) is 3.69. The molecular weight excluding hydrogens is 152 g/mol. The van der Waals surface area contributed by atoms with Gasteiger partial charge in [-0.1, -0.05) is 6.92 Å². The number of esters is 1. The molecule has 1 aliphatic heterocycles. The second kappa shape index (κ2) is 2.35. The van der Waals surface area contributed by atoms with E-state index in [1.54, 1.807) is 0 Å². The van der Waals surface area contributed by atoms with Gasteiger partial charge in [-0.15, -0.1) is 0 Å². The van der Waals surface area contributed by atoms with Gasteiger partial charge in [-0.2, -0.15) is 0 Å². The highest BCUT2D eigenvalue weighted by atomic mass is 16.6. The zero-order chi connectivity index (χ0) is 8.77. The summed E-state index contributed by atoms with van der Waals surface area (Å²) >= 11 is 0. The summed E-state index contributed by atoms with van der Waals surface area (Å²) in [6, 6.07) is 0. The topological polar surface area (TPSA) is 26.3 Å². The Hall–Kier alpha value is -0.790. The lowest BCUT2D eigenvalue weighted by Crippen LogP contribution is -2.39. The quantitative estimate of drug-likeness (QED) is 0.558. The van der Waals surface area contributed by atoms with Crippen LogP contribution in [0.5, 0.6) is 0 Å². The minimum absolute atomic E-state index is 0.0912. The summed E-state index contributed by atoms with van der Waals surface area (Å²) in [5.41, 5.74) is 1.96. The van der Waals surface area contributed by atoms with Crippen molar-refractivity contribution in [2.45, 2.75) is 45.1 Å². The van der Waals surface area contributed by atoms with Gasteiger partial charge in [-0.25, -0.2) is 4.79 Å². The molecule has 1 heterocycles. The van der Waals surface area contributed by atoms with E-state index < -0.39 is 0 Å². The van der Waals surface area contributed by atoms with Gasteiger partial charge in [0.15, 0.2) is 0 Å². The first-order valence-electron chi connectivity index (χ1n) is 4.63. The molecule has 66 valence electrons. The van der Waals surface area contributed by atoms with E-state index in [9.17, 15) is 4.79 Å². The zero-order valence-corrected chi connectivity index (χ0v) is 7.64. The monoisotopic (exact) mass is 166 g/mol. The summed E-state index contributed by atoms with van der Waals surface area (Å²) in [5.74, 6) is -0.0912. The van der Waals surface area contributed by atoms with Gasteiger partial charge in [0.2, 0.25) is 0 Å². The highest BCUT2D eigenvalue weighted by Crippen LogP contribution is 2.48. The van der Waals surface area contributed by atoms with Crippen LogP contribution in [0, 0.1) is 0 Å². The number of hydrogen-bond acceptors (Lipinski definition) is 2. The third-order valence-corrected chi connectivity index (χ3v) is 3.11. The largest absolute Gasteiger partial charge is 0.451 e. The normalized spacial score (nSPS) is 26.0. The lowest BCUT2D eigenvalue weighted by Gasteiger charge is -2.38. The zero-order valence-electron chi connectivity index (χ0n) is 7.64. The summed E-state index contributed by atoms with van der Waals surface area (Å²) in [4.78, 5) is 11.3. The minimum atomic E-state index is -0.143. The Morgan fingerprint density at radius 2 is 2.17 bits per heavy atom. The molecule has 0 amide bonds. The molecule has 1 saturated carbocycles. The van der Waals surface area contributed by atoms with Crippen LogP contribution in [0.1, 0.15) is 39.5 Å². The summed E-state index contributed by atoms with van der Waals surface area (Å²) in [7, 11) is 0. The molecule has 1 spiro atoms. The average molecular weight is 166 g/mol. The summed E-state index contributed by atoms with van der Waals surface area (Å²) in [6.45, 7) is 3.98. The molecule has 0 aromatic rings. The van der Waals surface area contributed by atoms with Crippen LogP contribution in [0.3, 0.4) is 0 Å². The maximum absolute atomic E-state index is 11.3. The Morgan fingerprint density at radius 1 is 1.50 bits per heavy atom. The lowest BCUT2D eigenvalue weighted by atomic mass is 9.73. The van der Waals surface area contributed by atoms with E-state index in [2.05, 4.69) is 6.92 Å². The molecule has 2 aliphatic rings. The first-order chi connectivity index (χ1) is 5.69. The molecule has 0 saturated heterocycles. The van der Waals surface area contributed by atoms with Crippen LogP contribution in [0.2, 0.25) is 0 Å². The van der Waals surface area contributed by atoms with Crippen LogP contribution < -0.4 is 0 Å². The lowest BCUT2D eigenvalue weighted by molar-refractivity contribution is -0.153. The summed E-state index contributed by atoms with van der Waals surface area (Å²) < 4.78 is 5.39. The minimum Gasteiger partial charge on any atom is -0.451 e. The van der Waals surface area contributed by atoms with Gasteiger partial charge in [-0.05, 0) is 38.2 Å². The Labute approximate surface area is 72.6 Å². The number of ether oxygens (including phenoxy) is 1. The number of carbonyl (C=O) groups is 1. The number of rotatable bonds is 1. The van der Waals surface area contributed by atoms with E-state index in [4.69, 9.17) is 4.74 Å². The maximum atomic E-state index is 11.3. The van der Waals surface area contributed by atoms with Crippen LogP contribution in [-0.4, -0.2) is 11.6 Å². The fourth-order valence-electron chi connectivity index (χ4n) is 2.27. The molecule has 0 unspecified atom stereocenters. The van der Waals surface area contributed by atoms with Crippen molar-refractivity contribution in [1.29, 1.82) is 0 Å². The van der Waals surface area contributed by atoms with E-state index >= 15 is 0 Å². The third kappa shape index (κ3) is 0.780.